The van der Waals surface area contributed by atoms with Crippen molar-refractivity contribution in [2.75, 3.05) is 11.9 Å². The Morgan fingerprint density at radius 3 is 2.73 bits per heavy atom. The van der Waals surface area contributed by atoms with Gasteiger partial charge in [-0.25, -0.2) is 4.79 Å². The number of fused-ring (bicyclic) bond motifs is 2. The summed E-state index contributed by atoms with van der Waals surface area (Å²) in [5, 5.41) is 14.5. The summed E-state index contributed by atoms with van der Waals surface area (Å²) in [7, 11) is 0. The van der Waals surface area contributed by atoms with Crippen LogP contribution in [-0.2, 0) is 35.2 Å². The first-order chi connectivity index (χ1) is 12.7. The summed E-state index contributed by atoms with van der Waals surface area (Å²) in [5.41, 5.74) is 3.32. The topological polar surface area (TPSA) is 79.2 Å². The number of anilines is 1. The fourth-order valence-electron chi connectivity index (χ4n) is 3.65. The molecule has 0 atom stereocenters. The van der Waals surface area contributed by atoms with Crippen LogP contribution in [-0.4, -0.2) is 18.5 Å². The predicted molar refractivity (Wildman–Crippen MR) is 101 cm³/mol. The number of carbonyl (C=O) groups is 2. The molecule has 0 aliphatic heterocycles. The van der Waals surface area contributed by atoms with E-state index in [4.69, 9.17) is 4.74 Å². The van der Waals surface area contributed by atoms with Crippen LogP contribution in [0.25, 0.3) is 0 Å². The minimum atomic E-state index is -0.436. The van der Waals surface area contributed by atoms with Gasteiger partial charge in [0, 0.05) is 15.1 Å². The van der Waals surface area contributed by atoms with E-state index in [0.29, 0.717) is 16.1 Å². The van der Waals surface area contributed by atoms with Crippen LogP contribution in [0, 0.1) is 11.3 Å². The minimum Gasteiger partial charge on any atom is -0.452 e. The van der Waals surface area contributed by atoms with Crippen molar-refractivity contribution in [3.05, 3.63) is 37.4 Å². The summed E-state index contributed by atoms with van der Waals surface area (Å²) >= 11 is 3.06. The summed E-state index contributed by atoms with van der Waals surface area (Å²) in [6.45, 7) is -0.336. The molecule has 0 saturated carbocycles. The quantitative estimate of drug-likeness (QED) is 0.810. The Hall–Kier alpha value is -2.17. The second-order valence-electron chi connectivity index (χ2n) is 6.56. The summed E-state index contributed by atoms with van der Waals surface area (Å²) in [5.74, 6) is -0.840. The highest BCUT2D eigenvalue weighted by Crippen LogP contribution is 2.38. The molecule has 7 heteroatoms. The molecule has 2 aromatic heterocycles. The van der Waals surface area contributed by atoms with Gasteiger partial charge >= 0.3 is 5.97 Å². The maximum absolute atomic E-state index is 12.3. The van der Waals surface area contributed by atoms with Crippen molar-refractivity contribution < 1.29 is 14.3 Å². The van der Waals surface area contributed by atoms with Gasteiger partial charge in [0.2, 0.25) is 0 Å². The lowest BCUT2D eigenvalue weighted by molar-refractivity contribution is -0.119. The Bertz CT molecular complexity index is 920. The van der Waals surface area contributed by atoms with E-state index in [-0.39, 0.29) is 6.61 Å². The molecule has 0 unspecified atom stereocenters. The maximum atomic E-state index is 12.3. The molecule has 0 fully saturated rings. The molecule has 0 aromatic carbocycles. The van der Waals surface area contributed by atoms with Crippen LogP contribution < -0.4 is 5.32 Å². The van der Waals surface area contributed by atoms with Crippen LogP contribution in [0.4, 0.5) is 5.00 Å². The Labute approximate surface area is 159 Å². The van der Waals surface area contributed by atoms with Gasteiger partial charge in [-0.15, -0.1) is 22.7 Å². The van der Waals surface area contributed by atoms with Crippen molar-refractivity contribution in [1.82, 2.24) is 0 Å². The number of nitriles is 1. The first kappa shape index (κ1) is 17.3. The van der Waals surface area contributed by atoms with Crippen molar-refractivity contribution >= 4 is 39.6 Å². The number of hydrogen-bond donors (Lipinski definition) is 1. The van der Waals surface area contributed by atoms with Gasteiger partial charge in [-0.2, -0.15) is 5.26 Å². The summed E-state index contributed by atoms with van der Waals surface area (Å²) in [6, 6.07) is 2.19. The normalized spacial score (nSPS) is 15.0. The molecule has 2 aromatic rings. The van der Waals surface area contributed by atoms with E-state index in [1.54, 1.807) is 11.3 Å². The molecule has 1 amide bonds. The Morgan fingerprint density at radius 1 is 1.12 bits per heavy atom. The number of hydrogen-bond acceptors (Lipinski definition) is 6. The fourth-order valence-corrected chi connectivity index (χ4v) is 6.02. The van der Waals surface area contributed by atoms with E-state index in [0.717, 1.165) is 56.1 Å². The number of esters is 1. The van der Waals surface area contributed by atoms with Crippen molar-refractivity contribution in [1.29, 1.82) is 5.26 Å². The molecular formula is C19H18N2O3S2. The van der Waals surface area contributed by atoms with E-state index < -0.39 is 11.9 Å². The fraction of sp³-hybridized carbons (Fsp3) is 0.421. The Kier molecular flexibility index (Phi) is 4.79. The van der Waals surface area contributed by atoms with Gasteiger partial charge in [-0.3, -0.25) is 4.79 Å². The average molecular weight is 386 g/mol. The molecule has 0 bridgehead atoms. The number of nitrogens with zero attached hydrogens (tertiary/aromatic N) is 1. The lowest BCUT2D eigenvalue weighted by Gasteiger charge is -2.12. The van der Waals surface area contributed by atoms with Crippen molar-refractivity contribution in [3.63, 3.8) is 0 Å². The molecule has 4 rings (SSSR count). The van der Waals surface area contributed by atoms with E-state index in [1.807, 2.05) is 5.38 Å². The van der Waals surface area contributed by atoms with Crippen LogP contribution in [0.3, 0.4) is 0 Å². The third-order valence-electron chi connectivity index (χ3n) is 4.90. The monoisotopic (exact) mass is 386 g/mol. The zero-order valence-corrected chi connectivity index (χ0v) is 15.9. The Morgan fingerprint density at radius 2 is 1.88 bits per heavy atom. The highest BCUT2D eigenvalue weighted by molar-refractivity contribution is 7.16. The molecule has 0 spiro atoms. The molecule has 5 nitrogen and oxygen atoms in total. The van der Waals surface area contributed by atoms with Crippen LogP contribution >= 0.6 is 22.7 Å². The molecule has 134 valence electrons. The Balaban J connectivity index is 1.38. The number of thiophene rings is 2. The van der Waals surface area contributed by atoms with Gasteiger partial charge in [0.25, 0.3) is 5.91 Å². The molecule has 2 aliphatic rings. The molecule has 26 heavy (non-hydrogen) atoms. The molecule has 2 aliphatic carbocycles. The van der Waals surface area contributed by atoms with Gasteiger partial charge in [-0.05, 0) is 56.1 Å². The van der Waals surface area contributed by atoms with Crippen LogP contribution in [0.5, 0.6) is 0 Å². The van der Waals surface area contributed by atoms with Crippen LogP contribution in [0.15, 0.2) is 5.38 Å². The SMILES string of the molecule is N#Cc1c(NC(=O)COC(=O)c2csc3c2CCCC3)sc2c1CCC2. The highest BCUT2D eigenvalue weighted by Gasteiger charge is 2.24. The first-order valence-corrected chi connectivity index (χ1v) is 10.5. The lowest BCUT2D eigenvalue weighted by Crippen LogP contribution is -2.21. The molecule has 0 radical (unpaired) electrons. The molecule has 1 N–H and O–H groups in total. The minimum absolute atomic E-state index is 0.336. The third kappa shape index (κ3) is 3.15. The number of aryl methyl sites for hydroxylation is 2. The molecular weight excluding hydrogens is 368 g/mol. The van der Waals surface area contributed by atoms with E-state index >= 15 is 0 Å². The van der Waals surface area contributed by atoms with Gasteiger partial charge in [0.05, 0.1) is 11.1 Å². The first-order valence-electron chi connectivity index (χ1n) is 8.78. The largest absolute Gasteiger partial charge is 0.452 e. The third-order valence-corrected chi connectivity index (χ3v) is 7.20. The molecule has 2 heterocycles. The second kappa shape index (κ2) is 7.22. The zero-order chi connectivity index (χ0) is 18.1. The van der Waals surface area contributed by atoms with Gasteiger partial charge in [0.15, 0.2) is 6.61 Å². The average Bonchev–Trinajstić information content (AvgIpc) is 3.33. The van der Waals surface area contributed by atoms with E-state index in [2.05, 4.69) is 11.4 Å². The van der Waals surface area contributed by atoms with Gasteiger partial charge in [-0.1, -0.05) is 0 Å². The van der Waals surface area contributed by atoms with E-state index in [9.17, 15) is 14.9 Å². The number of carbonyl (C=O) groups excluding carboxylic acids is 2. The summed E-state index contributed by atoms with van der Waals surface area (Å²) in [6.07, 6.45) is 7.09. The van der Waals surface area contributed by atoms with E-state index in [1.165, 1.54) is 21.1 Å². The number of rotatable bonds is 4. The van der Waals surface area contributed by atoms with Crippen LogP contribution in [0.1, 0.15) is 56.1 Å². The number of nitrogens with one attached hydrogen (secondary N) is 1. The van der Waals surface area contributed by atoms with Crippen molar-refractivity contribution in [2.45, 2.75) is 44.9 Å². The number of amides is 1. The summed E-state index contributed by atoms with van der Waals surface area (Å²) < 4.78 is 5.21. The maximum Gasteiger partial charge on any atom is 0.339 e. The van der Waals surface area contributed by atoms with Crippen molar-refractivity contribution in [2.24, 2.45) is 0 Å². The lowest BCUT2D eigenvalue weighted by atomic mass is 9.96. The van der Waals surface area contributed by atoms with Crippen LogP contribution in [0.2, 0.25) is 0 Å². The standard InChI is InChI=1S/C19H18N2O3S2/c20-8-13-11-5-3-7-16(11)26-18(13)21-17(22)9-24-19(23)14-10-25-15-6-2-1-4-12(14)15/h10H,1-7,9H2,(H,21,22). The second-order valence-corrected chi connectivity index (χ2v) is 8.63. The smallest absolute Gasteiger partial charge is 0.339 e. The number of ether oxygens (including phenoxy) is 1. The van der Waals surface area contributed by atoms with Crippen molar-refractivity contribution in [3.8, 4) is 6.07 Å². The zero-order valence-electron chi connectivity index (χ0n) is 14.2. The summed E-state index contributed by atoms with van der Waals surface area (Å²) in [4.78, 5) is 27.0. The highest BCUT2D eigenvalue weighted by atomic mass is 32.1. The molecule has 0 saturated heterocycles. The van der Waals surface area contributed by atoms with Gasteiger partial charge in [0.1, 0.15) is 11.1 Å². The predicted octanol–water partition coefficient (Wildman–Crippen LogP) is 3.84. The van der Waals surface area contributed by atoms with Gasteiger partial charge < -0.3 is 10.1 Å².